The number of hydrogen-bond acceptors (Lipinski definition) is 4. The molecule has 0 bridgehead atoms. The number of esters is 1. The van der Waals surface area contributed by atoms with E-state index in [-0.39, 0.29) is 11.6 Å². The molecule has 1 fully saturated rings. The Hall–Kier alpha value is -0.220. The van der Waals surface area contributed by atoms with Gasteiger partial charge < -0.3 is 10.1 Å². The van der Waals surface area contributed by atoms with Crippen LogP contribution < -0.4 is 5.32 Å². The third-order valence-electron chi connectivity index (χ3n) is 2.93. The van der Waals surface area contributed by atoms with E-state index in [9.17, 15) is 4.79 Å². The molecule has 0 aliphatic heterocycles. The smallest absolute Gasteiger partial charge is 0.320 e. The number of hydrogen-bond donors (Lipinski definition) is 1. The van der Waals surface area contributed by atoms with Crippen LogP contribution in [-0.4, -0.2) is 35.7 Å². The SMILES string of the molecule is CSC1CCCCC1NCC(=O)OC(C)(C)C. The van der Waals surface area contributed by atoms with Gasteiger partial charge in [-0.2, -0.15) is 11.8 Å². The Morgan fingerprint density at radius 3 is 2.59 bits per heavy atom. The Kier molecular flexibility index (Phi) is 5.80. The maximum atomic E-state index is 11.6. The van der Waals surface area contributed by atoms with Gasteiger partial charge in [-0.1, -0.05) is 12.8 Å². The highest BCUT2D eigenvalue weighted by atomic mass is 32.2. The van der Waals surface area contributed by atoms with Crippen molar-refractivity contribution in [1.82, 2.24) is 5.32 Å². The standard InChI is InChI=1S/C13H25NO2S/c1-13(2,3)16-12(15)9-14-10-7-5-6-8-11(10)17-4/h10-11,14H,5-9H2,1-4H3. The molecule has 0 saturated heterocycles. The minimum Gasteiger partial charge on any atom is -0.459 e. The molecule has 2 unspecified atom stereocenters. The fourth-order valence-corrected chi connectivity index (χ4v) is 3.17. The molecular weight excluding hydrogens is 234 g/mol. The summed E-state index contributed by atoms with van der Waals surface area (Å²) in [7, 11) is 0. The predicted octanol–water partition coefficient (Wildman–Crippen LogP) is 2.59. The molecule has 1 rings (SSSR count). The van der Waals surface area contributed by atoms with Gasteiger partial charge in [0, 0.05) is 11.3 Å². The first-order chi connectivity index (χ1) is 7.92. The third kappa shape index (κ3) is 5.77. The number of nitrogens with one attached hydrogen (secondary N) is 1. The second-order valence-electron chi connectivity index (χ2n) is 5.63. The van der Waals surface area contributed by atoms with Crippen molar-refractivity contribution in [3.05, 3.63) is 0 Å². The lowest BCUT2D eigenvalue weighted by Gasteiger charge is -2.31. The van der Waals surface area contributed by atoms with E-state index in [0.29, 0.717) is 17.8 Å². The summed E-state index contributed by atoms with van der Waals surface area (Å²) >= 11 is 1.90. The molecule has 100 valence electrons. The van der Waals surface area contributed by atoms with E-state index < -0.39 is 0 Å². The first-order valence-electron chi connectivity index (χ1n) is 6.40. The molecule has 1 saturated carbocycles. The first-order valence-corrected chi connectivity index (χ1v) is 7.69. The normalized spacial score (nSPS) is 25.6. The van der Waals surface area contributed by atoms with Gasteiger partial charge in [0.1, 0.15) is 5.60 Å². The Labute approximate surface area is 109 Å². The van der Waals surface area contributed by atoms with Gasteiger partial charge in [0.15, 0.2) is 0 Å². The van der Waals surface area contributed by atoms with Crippen LogP contribution in [0.15, 0.2) is 0 Å². The molecule has 2 atom stereocenters. The summed E-state index contributed by atoms with van der Waals surface area (Å²) in [5.41, 5.74) is -0.385. The van der Waals surface area contributed by atoms with Gasteiger partial charge in [0.2, 0.25) is 0 Å². The highest BCUT2D eigenvalue weighted by Gasteiger charge is 2.25. The molecule has 3 nitrogen and oxygen atoms in total. The molecular formula is C13H25NO2S. The number of thioether (sulfide) groups is 1. The van der Waals surface area contributed by atoms with Crippen molar-refractivity contribution in [2.24, 2.45) is 0 Å². The van der Waals surface area contributed by atoms with E-state index in [1.807, 2.05) is 32.5 Å². The van der Waals surface area contributed by atoms with Gasteiger partial charge in [-0.05, 0) is 39.9 Å². The van der Waals surface area contributed by atoms with E-state index in [1.165, 1.54) is 25.7 Å². The molecule has 0 spiro atoms. The van der Waals surface area contributed by atoms with Crippen molar-refractivity contribution in [1.29, 1.82) is 0 Å². The highest BCUT2D eigenvalue weighted by molar-refractivity contribution is 7.99. The van der Waals surface area contributed by atoms with E-state index >= 15 is 0 Å². The molecule has 17 heavy (non-hydrogen) atoms. The molecule has 4 heteroatoms. The Morgan fingerprint density at radius 2 is 2.00 bits per heavy atom. The summed E-state index contributed by atoms with van der Waals surface area (Å²) in [4.78, 5) is 11.6. The molecule has 0 aromatic heterocycles. The zero-order chi connectivity index (χ0) is 12.9. The van der Waals surface area contributed by atoms with E-state index in [4.69, 9.17) is 4.74 Å². The Morgan fingerprint density at radius 1 is 1.35 bits per heavy atom. The van der Waals surface area contributed by atoms with Crippen LogP contribution in [0.2, 0.25) is 0 Å². The summed E-state index contributed by atoms with van der Waals surface area (Å²) in [5.74, 6) is -0.150. The monoisotopic (exact) mass is 259 g/mol. The summed E-state index contributed by atoms with van der Waals surface area (Å²) in [5, 5.41) is 3.99. The molecule has 1 aliphatic carbocycles. The predicted molar refractivity (Wildman–Crippen MR) is 73.4 cm³/mol. The summed E-state index contributed by atoms with van der Waals surface area (Å²) in [6, 6.07) is 0.464. The van der Waals surface area contributed by atoms with Crippen molar-refractivity contribution in [2.45, 2.75) is 63.3 Å². The molecule has 0 amide bonds. The molecule has 1 N–H and O–H groups in total. The minimum atomic E-state index is -0.385. The van der Waals surface area contributed by atoms with Crippen LogP contribution in [0.3, 0.4) is 0 Å². The van der Waals surface area contributed by atoms with Crippen LogP contribution in [0.1, 0.15) is 46.5 Å². The fourth-order valence-electron chi connectivity index (χ4n) is 2.20. The quantitative estimate of drug-likeness (QED) is 0.788. The molecule has 0 aromatic rings. The number of rotatable bonds is 4. The number of carbonyl (C=O) groups is 1. The fraction of sp³-hybridized carbons (Fsp3) is 0.923. The minimum absolute atomic E-state index is 0.150. The lowest BCUT2D eigenvalue weighted by atomic mass is 9.95. The van der Waals surface area contributed by atoms with Gasteiger partial charge in [-0.15, -0.1) is 0 Å². The lowest BCUT2D eigenvalue weighted by Crippen LogP contribution is -2.44. The van der Waals surface area contributed by atoms with Crippen molar-refractivity contribution >= 4 is 17.7 Å². The topological polar surface area (TPSA) is 38.3 Å². The van der Waals surface area contributed by atoms with E-state index in [2.05, 4.69) is 11.6 Å². The van der Waals surface area contributed by atoms with Crippen LogP contribution in [-0.2, 0) is 9.53 Å². The van der Waals surface area contributed by atoms with Gasteiger partial charge in [-0.25, -0.2) is 0 Å². The van der Waals surface area contributed by atoms with Crippen molar-refractivity contribution in [2.75, 3.05) is 12.8 Å². The first kappa shape index (κ1) is 14.8. The Bertz CT molecular complexity index is 250. The largest absolute Gasteiger partial charge is 0.459 e. The lowest BCUT2D eigenvalue weighted by molar-refractivity contribution is -0.153. The third-order valence-corrected chi connectivity index (χ3v) is 4.10. The van der Waals surface area contributed by atoms with Crippen LogP contribution in [0, 0.1) is 0 Å². The Balaban J connectivity index is 2.31. The molecule has 0 heterocycles. The average Bonchev–Trinajstić information content (AvgIpc) is 2.24. The zero-order valence-corrected chi connectivity index (χ0v) is 12.2. The number of ether oxygens (including phenoxy) is 1. The second-order valence-corrected chi connectivity index (χ2v) is 6.71. The summed E-state index contributed by atoms with van der Waals surface area (Å²) < 4.78 is 5.29. The van der Waals surface area contributed by atoms with Gasteiger partial charge in [-0.3, -0.25) is 4.79 Å². The molecule has 0 radical (unpaired) electrons. The highest BCUT2D eigenvalue weighted by Crippen LogP contribution is 2.26. The van der Waals surface area contributed by atoms with Gasteiger partial charge in [0.25, 0.3) is 0 Å². The molecule has 1 aliphatic rings. The average molecular weight is 259 g/mol. The second kappa shape index (κ2) is 6.64. The maximum Gasteiger partial charge on any atom is 0.320 e. The van der Waals surface area contributed by atoms with Crippen LogP contribution in [0.4, 0.5) is 0 Å². The van der Waals surface area contributed by atoms with Crippen molar-refractivity contribution < 1.29 is 9.53 Å². The van der Waals surface area contributed by atoms with Crippen molar-refractivity contribution in [3.8, 4) is 0 Å². The zero-order valence-electron chi connectivity index (χ0n) is 11.4. The molecule has 0 aromatic carbocycles. The van der Waals surface area contributed by atoms with E-state index in [0.717, 1.165) is 0 Å². The number of carbonyl (C=O) groups excluding carboxylic acids is 1. The van der Waals surface area contributed by atoms with Crippen LogP contribution >= 0.6 is 11.8 Å². The summed E-state index contributed by atoms with van der Waals surface area (Å²) in [6.07, 6.45) is 7.17. The van der Waals surface area contributed by atoms with Crippen LogP contribution in [0.5, 0.6) is 0 Å². The van der Waals surface area contributed by atoms with Crippen molar-refractivity contribution in [3.63, 3.8) is 0 Å². The van der Waals surface area contributed by atoms with Gasteiger partial charge in [0.05, 0.1) is 6.54 Å². The van der Waals surface area contributed by atoms with E-state index in [1.54, 1.807) is 0 Å². The maximum absolute atomic E-state index is 11.6. The summed E-state index contributed by atoms with van der Waals surface area (Å²) in [6.45, 7) is 6.03. The van der Waals surface area contributed by atoms with Crippen LogP contribution in [0.25, 0.3) is 0 Å². The van der Waals surface area contributed by atoms with Gasteiger partial charge >= 0.3 is 5.97 Å².